The molecule has 2 aromatic heterocycles. The molecular weight excluding hydrogens is 364 g/mol. The molecule has 3 aliphatic heterocycles. The summed E-state index contributed by atoms with van der Waals surface area (Å²) in [7, 11) is 0. The minimum atomic E-state index is -0.0456. The number of benzene rings is 1. The van der Waals surface area contributed by atoms with Crippen molar-refractivity contribution in [1.29, 1.82) is 0 Å². The van der Waals surface area contributed by atoms with Gasteiger partial charge in [0, 0.05) is 42.9 Å². The number of urea groups is 1. The fourth-order valence-electron chi connectivity index (χ4n) is 4.24. The molecule has 3 aromatic rings. The van der Waals surface area contributed by atoms with Crippen molar-refractivity contribution in [3.63, 3.8) is 0 Å². The summed E-state index contributed by atoms with van der Waals surface area (Å²) in [5.74, 6) is 0.737. The van der Waals surface area contributed by atoms with Crippen LogP contribution in [0.15, 0.2) is 61.1 Å². The highest BCUT2D eigenvalue weighted by atomic mass is 16.2. The molecule has 6 rings (SSSR count). The maximum absolute atomic E-state index is 12.9. The molecule has 3 fully saturated rings. The summed E-state index contributed by atoms with van der Waals surface area (Å²) < 4.78 is 0. The number of pyridine rings is 1. The largest absolute Gasteiger partial charge is 0.337 e. The number of carbonyl (C=O) groups is 1. The van der Waals surface area contributed by atoms with Gasteiger partial charge in [0.1, 0.15) is 0 Å². The van der Waals surface area contributed by atoms with Gasteiger partial charge in [-0.25, -0.2) is 14.8 Å². The van der Waals surface area contributed by atoms with Crippen molar-refractivity contribution in [2.24, 2.45) is 0 Å². The second-order valence-electron chi connectivity index (χ2n) is 7.58. The van der Waals surface area contributed by atoms with Crippen LogP contribution in [0.3, 0.4) is 0 Å². The van der Waals surface area contributed by atoms with Crippen LogP contribution in [0.2, 0.25) is 0 Å². The van der Waals surface area contributed by atoms with E-state index in [0.29, 0.717) is 0 Å². The van der Waals surface area contributed by atoms with Crippen LogP contribution < -0.4 is 10.2 Å². The number of piperidine rings is 1. The highest BCUT2D eigenvalue weighted by Gasteiger charge is 2.47. The molecule has 2 unspecified atom stereocenters. The van der Waals surface area contributed by atoms with E-state index in [2.05, 4.69) is 32.1 Å². The van der Waals surface area contributed by atoms with Gasteiger partial charge in [0.25, 0.3) is 0 Å². The molecule has 2 amide bonds. The predicted molar refractivity (Wildman–Crippen MR) is 112 cm³/mol. The number of aryl methyl sites for hydroxylation is 1. The van der Waals surface area contributed by atoms with E-state index < -0.39 is 0 Å². The zero-order valence-electron chi connectivity index (χ0n) is 16.2. The lowest BCUT2D eigenvalue weighted by Gasteiger charge is -2.55. The molecule has 7 nitrogen and oxygen atoms in total. The molecule has 0 saturated carbocycles. The minimum absolute atomic E-state index is 0.0456. The molecule has 146 valence electrons. The summed E-state index contributed by atoms with van der Waals surface area (Å²) in [4.78, 5) is 30.2. The topological polar surface area (TPSA) is 74.2 Å². The lowest BCUT2D eigenvalue weighted by molar-refractivity contribution is 0.0433. The average molecular weight is 386 g/mol. The van der Waals surface area contributed by atoms with Crippen molar-refractivity contribution in [3.8, 4) is 11.3 Å². The van der Waals surface area contributed by atoms with Crippen molar-refractivity contribution < 1.29 is 4.79 Å². The number of fused-ring (bicyclic) bond motifs is 2. The molecule has 3 aliphatic rings. The second-order valence-corrected chi connectivity index (χ2v) is 7.58. The number of rotatable bonds is 3. The highest BCUT2D eigenvalue weighted by molar-refractivity contribution is 5.91. The predicted octanol–water partition coefficient (Wildman–Crippen LogP) is 3.34. The Labute approximate surface area is 169 Å². The van der Waals surface area contributed by atoms with E-state index in [4.69, 9.17) is 0 Å². The second kappa shape index (κ2) is 7.16. The SMILES string of the molecule is Cc1ccc(NC(=O)N2C3CC2CN(c2ncccn2)C3)cc1-c1ccccn1. The molecule has 3 saturated heterocycles. The summed E-state index contributed by atoms with van der Waals surface area (Å²) >= 11 is 0. The van der Waals surface area contributed by atoms with E-state index in [1.165, 1.54) is 0 Å². The maximum atomic E-state index is 12.9. The van der Waals surface area contributed by atoms with Crippen LogP contribution in [0.5, 0.6) is 0 Å². The van der Waals surface area contributed by atoms with Gasteiger partial charge in [-0.05, 0) is 49.2 Å². The maximum Gasteiger partial charge on any atom is 0.322 e. The van der Waals surface area contributed by atoms with Crippen molar-refractivity contribution in [2.45, 2.75) is 25.4 Å². The third-order valence-electron chi connectivity index (χ3n) is 5.69. The molecule has 0 radical (unpaired) electrons. The first-order valence-corrected chi connectivity index (χ1v) is 9.82. The summed E-state index contributed by atoms with van der Waals surface area (Å²) in [5.41, 5.74) is 3.84. The van der Waals surface area contributed by atoms with E-state index in [1.54, 1.807) is 18.6 Å². The van der Waals surface area contributed by atoms with Crippen molar-refractivity contribution in [3.05, 3.63) is 66.6 Å². The Balaban J connectivity index is 1.29. The highest BCUT2D eigenvalue weighted by Crippen LogP contribution is 2.34. The quantitative estimate of drug-likeness (QED) is 0.747. The molecule has 0 spiro atoms. The van der Waals surface area contributed by atoms with Crippen LogP contribution in [-0.2, 0) is 0 Å². The average Bonchev–Trinajstić information content (AvgIpc) is 2.76. The Bertz CT molecular complexity index is 1010. The smallest absolute Gasteiger partial charge is 0.322 e. The van der Waals surface area contributed by atoms with Gasteiger partial charge in [-0.2, -0.15) is 0 Å². The number of carbonyl (C=O) groups excluding carboxylic acids is 1. The van der Waals surface area contributed by atoms with Gasteiger partial charge >= 0.3 is 6.03 Å². The Morgan fingerprint density at radius 3 is 2.48 bits per heavy atom. The molecular formula is C22H22N6O. The van der Waals surface area contributed by atoms with Gasteiger partial charge in [-0.15, -0.1) is 0 Å². The lowest BCUT2D eigenvalue weighted by Crippen LogP contribution is -2.71. The number of anilines is 2. The van der Waals surface area contributed by atoms with Gasteiger partial charge in [-0.1, -0.05) is 12.1 Å². The number of hydrogen-bond acceptors (Lipinski definition) is 5. The first-order chi connectivity index (χ1) is 14.2. The van der Waals surface area contributed by atoms with Crippen molar-refractivity contribution in [1.82, 2.24) is 19.9 Å². The fourth-order valence-corrected chi connectivity index (χ4v) is 4.24. The Kier molecular flexibility index (Phi) is 4.35. The Morgan fingerprint density at radius 1 is 1.00 bits per heavy atom. The van der Waals surface area contributed by atoms with Crippen molar-refractivity contribution >= 4 is 17.7 Å². The van der Waals surface area contributed by atoms with Gasteiger partial charge in [0.05, 0.1) is 17.8 Å². The summed E-state index contributed by atoms with van der Waals surface area (Å²) in [6, 6.07) is 14.0. The number of piperazine rings is 1. The molecule has 0 aliphatic carbocycles. The van der Waals surface area contributed by atoms with E-state index in [9.17, 15) is 4.79 Å². The van der Waals surface area contributed by atoms with E-state index in [0.717, 1.165) is 48.0 Å². The fraction of sp³-hybridized carbons (Fsp3) is 0.273. The molecule has 29 heavy (non-hydrogen) atoms. The van der Waals surface area contributed by atoms with Crippen LogP contribution in [-0.4, -0.2) is 51.1 Å². The molecule has 7 heteroatoms. The molecule has 1 aromatic carbocycles. The first-order valence-electron chi connectivity index (χ1n) is 9.82. The Hall–Kier alpha value is -3.48. The van der Waals surface area contributed by atoms with Crippen LogP contribution >= 0.6 is 0 Å². The number of aromatic nitrogens is 3. The minimum Gasteiger partial charge on any atom is -0.337 e. The van der Waals surface area contributed by atoms with E-state index in [1.807, 2.05) is 47.4 Å². The molecule has 2 bridgehead atoms. The third kappa shape index (κ3) is 3.29. The van der Waals surface area contributed by atoms with Crippen LogP contribution in [0.25, 0.3) is 11.3 Å². The molecule has 1 N–H and O–H groups in total. The summed E-state index contributed by atoms with van der Waals surface area (Å²) in [6.45, 7) is 3.58. The zero-order chi connectivity index (χ0) is 19.8. The zero-order valence-corrected chi connectivity index (χ0v) is 16.2. The van der Waals surface area contributed by atoms with Gasteiger partial charge in [0.15, 0.2) is 0 Å². The summed E-state index contributed by atoms with van der Waals surface area (Å²) in [5, 5.41) is 3.07. The first kappa shape index (κ1) is 17.6. The van der Waals surface area contributed by atoms with Crippen molar-refractivity contribution in [2.75, 3.05) is 23.3 Å². The number of hydrogen-bond donors (Lipinski definition) is 1. The molecule has 5 heterocycles. The Morgan fingerprint density at radius 2 is 1.76 bits per heavy atom. The standard InChI is InChI=1S/C22H22N6O/c1-15-6-7-16(11-19(15)20-5-2-3-8-23-20)26-22(29)28-17-12-18(28)14-27(13-17)21-24-9-4-10-25-21/h2-11,17-18H,12-14H2,1H3,(H,26,29). The van der Waals surface area contributed by atoms with Gasteiger partial charge < -0.3 is 15.1 Å². The lowest BCUT2D eigenvalue weighted by atomic mass is 9.88. The monoisotopic (exact) mass is 386 g/mol. The van der Waals surface area contributed by atoms with E-state index in [-0.39, 0.29) is 18.1 Å². The summed E-state index contributed by atoms with van der Waals surface area (Å²) in [6.07, 6.45) is 6.32. The van der Waals surface area contributed by atoms with Crippen LogP contribution in [0.1, 0.15) is 12.0 Å². The molecule has 2 atom stereocenters. The third-order valence-corrected chi connectivity index (χ3v) is 5.69. The van der Waals surface area contributed by atoms with Gasteiger partial charge in [0.2, 0.25) is 5.95 Å². The number of nitrogens with one attached hydrogen (secondary N) is 1. The van der Waals surface area contributed by atoms with Crippen LogP contribution in [0, 0.1) is 6.92 Å². The van der Waals surface area contributed by atoms with Crippen LogP contribution in [0.4, 0.5) is 16.4 Å². The van der Waals surface area contributed by atoms with E-state index >= 15 is 0 Å². The number of amides is 2. The van der Waals surface area contributed by atoms with Gasteiger partial charge in [-0.3, -0.25) is 4.98 Å². The number of nitrogens with zero attached hydrogens (tertiary/aromatic N) is 5. The normalized spacial score (nSPS) is 20.2.